The number of benzene rings is 1. The van der Waals surface area contributed by atoms with Crippen molar-refractivity contribution in [3.63, 3.8) is 0 Å². The quantitative estimate of drug-likeness (QED) is 0.628. The number of anilines is 1. The number of nitro benzene ring substituents is 1. The first-order valence-corrected chi connectivity index (χ1v) is 5.96. The molecule has 0 unspecified atom stereocenters. The molecular formula is C13H16N4O3. The molecule has 0 fully saturated rings. The molecule has 20 heavy (non-hydrogen) atoms. The van der Waals surface area contributed by atoms with Crippen molar-refractivity contribution in [3.8, 4) is 6.07 Å². The smallest absolute Gasteiger partial charge is 0.293 e. The number of carbonyl (C=O) groups is 1. The minimum Gasteiger partial charge on any atom is -0.378 e. The zero-order valence-electron chi connectivity index (χ0n) is 11.6. The van der Waals surface area contributed by atoms with E-state index < -0.39 is 10.3 Å². The fourth-order valence-electron chi connectivity index (χ4n) is 1.64. The minimum atomic E-state index is -0.712. The fraction of sp³-hybridized carbons (Fsp3) is 0.385. The molecule has 2 N–H and O–H groups in total. The average Bonchev–Trinajstić information content (AvgIpc) is 2.43. The third-order valence-electron chi connectivity index (χ3n) is 2.89. The van der Waals surface area contributed by atoms with Crippen molar-refractivity contribution in [2.45, 2.75) is 13.8 Å². The summed E-state index contributed by atoms with van der Waals surface area (Å²) in [5, 5.41) is 25.2. The van der Waals surface area contributed by atoms with Gasteiger partial charge in [0.2, 0.25) is 5.91 Å². The SMILES string of the molecule is CNC(=O)C(C)(C)CNc1ccc(C#N)cc1[N+](=O)[O-]. The molecule has 0 saturated carbocycles. The average molecular weight is 276 g/mol. The van der Waals surface area contributed by atoms with Crippen LogP contribution < -0.4 is 10.6 Å². The molecule has 7 nitrogen and oxygen atoms in total. The number of carbonyl (C=O) groups excluding carboxylic acids is 1. The van der Waals surface area contributed by atoms with Crippen molar-refractivity contribution in [1.82, 2.24) is 5.32 Å². The summed E-state index contributed by atoms with van der Waals surface area (Å²) in [6.07, 6.45) is 0. The number of hydrogen-bond donors (Lipinski definition) is 2. The van der Waals surface area contributed by atoms with Gasteiger partial charge in [-0.1, -0.05) is 0 Å². The number of nitrogens with zero attached hydrogens (tertiary/aromatic N) is 2. The highest BCUT2D eigenvalue weighted by molar-refractivity contribution is 5.82. The summed E-state index contributed by atoms with van der Waals surface area (Å²) in [5.74, 6) is -0.165. The lowest BCUT2D eigenvalue weighted by molar-refractivity contribution is -0.384. The molecule has 0 spiro atoms. The predicted molar refractivity (Wildman–Crippen MR) is 74.1 cm³/mol. The highest BCUT2D eigenvalue weighted by Gasteiger charge is 2.27. The Hall–Kier alpha value is -2.62. The summed E-state index contributed by atoms with van der Waals surface area (Å²) in [6, 6.07) is 6.01. The second-order valence-corrected chi connectivity index (χ2v) is 4.92. The molecule has 1 rings (SSSR count). The van der Waals surface area contributed by atoms with E-state index in [1.807, 2.05) is 6.07 Å². The highest BCUT2D eigenvalue weighted by atomic mass is 16.6. The van der Waals surface area contributed by atoms with Gasteiger partial charge in [-0.2, -0.15) is 5.26 Å². The maximum Gasteiger partial charge on any atom is 0.293 e. The molecule has 0 atom stereocenters. The third-order valence-corrected chi connectivity index (χ3v) is 2.89. The van der Waals surface area contributed by atoms with Crippen LogP contribution in [-0.2, 0) is 4.79 Å². The largest absolute Gasteiger partial charge is 0.378 e. The van der Waals surface area contributed by atoms with E-state index in [0.29, 0.717) is 0 Å². The van der Waals surface area contributed by atoms with Gasteiger partial charge in [-0.05, 0) is 26.0 Å². The van der Waals surface area contributed by atoms with Crippen LogP contribution in [0.1, 0.15) is 19.4 Å². The van der Waals surface area contributed by atoms with Gasteiger partial charge in [0, 0.05) is 19.7 Å². The Morgan fingerprint density at radius 3 is 2.65 bits per heavy atom. The maximum absolute atomic E-state index is 11.6. The monoisotopic (exact) mass is 276 g/mol. The standard InChI is InChI=1S/C13H16N4O3/c1-13(2,12(18)15-3)8-16-10-5-4-9(7-14)6-11(10)17(19)20/h4-6,16H,8H2,1-3H3,(H,15,18). The van der Waals surface area contributed by atoms with Crippen LogP contribution in [0.4, 0.5) is 11.4 Å². The lowest BCUT2D eigenvalue weighted by atomic mass is 9.92. The molecular weight excluding hydrogens is 260 g/mol. The van der Waals surface area contributed by atoms with E-state index in [1.54, 1.807) is 13.8 Å². The Morgan fingerprint density at radius 2 is 2.15 bits per heavy atom. The van der Waals surface area contributed by atoms with E-state index in [2.05, 4.69) is 10.6 Å². The van der Waals surface area contributed by atoms with Crippen LogP contribution in [0.3, 0.4) is 0 Å². The Bertz CT molecular complexity index is 575. The Morgan fingerprint density at radius 1 is 1.50 bits per heavy atom. The second kappa shape index (κ2) is 6.02. The van der Waals surface area contributed by atoms with E-state index in [-0.39, 0.29) is 29.4 Å². The molecule has 7 heteroatoms. The molecule has 0 aliphatic rings. The van der Waals surface area contributed by atoms with Crippen LogP contribution in [-0.4, -0.2) is 24.4 Å². The van der Waals surface area contributed by atoms with E-state index in [9.17, 15) is 14.9 Å². The van der Waals surface area contributed by atoms with Crippen LogP contribution >= 0.6 is 0 Å². The molecule has 0 aromatic heterocycles. The number of rotatable bonds is 5. The van der Waals surface area contributed by atoms with E-state index >= 15 is 0 Å². The zero-order chi connectivity index (χ0) is 15.3. The Labute approximate surface area is 116 Å². The number of nitriles is 1. The van der Waals surface area contributed by atoms with Gasteiger partial charge < -0.3 is 10.6 Å². The normalized spacial score (nSPS) is 10.5. The van der Waals surface area contributed by atoms with E-state index in [0.717, 1.165) is 0 Å². The highest BCUT2D eigenvalue weighted by Crippen LogP contribution is 2.27. The first-order valence-electron chi connectivity index (χ1n) is 5.96. The first kappa shape index (κ1) is 15.4. The Kier molecular flexibility index (Phi) is 4.64. The lowest BCUT2D eigenvalue weighted by Crippen LogP contribution is -2.39. The van der Waals surface area contributed by atoms with Crippen molar-refractivity contribution < 1.29 is 9.72 Å². The van der Waals surface area contributed by atoms with Gasteiger partial charge in [0.1, 0.15) is 5.69 Å². The van der Waals surface area contributed by atoms with Gasteiger partial charge in [0.05, 0.1) is 22.0 Å². The van der Waals surface area contributed by atoms with Gasteiger partial charge in [-0.25, -0.2) is 0 Å². The van der Waals surface area contributed by atoms with Crippen LogP contribution in [0.25, 0.3) is 0 Å². The molecule has 1 aromatic carbocycles. The Balaban J connectivity index is 2.96. The number of nitro groups is 1. The maximum atomic E-state index is 11.6. The van der Waals surface area contributed by atoms with Crippen LogP contribution in [0.15, 0.2) is 18.2 Å². The first-order chi connectivity index (χ1) is 9.31. The summed E-state index contributed by atoms with van der Waals surface area (Å²) in [6.45, 7) is 3.70. The van der Waals surface area contributed by atoms with Gasteiger partial charge in [0.15, 0.2) is 0 Å². The second-order valence-electron chi connectivity index (χ2n) is 4.92. The topological polar surface area (TPSA) is 108 Å². The van der Waals surface area contributed by atoms with Gasteiger partial charge in [-0.3, -0.25) is 14.9 Å². The van der Waals surface area contributed by atoms with Gasteiger partial charge >= 0.3 is 0 Å². The molecule has 1 amide bonds. The van der Waals surface area contributed by atoms with Crippen LogP contribution in [0, 0.1) is 26.9 Å². The summed E-state index contributed by atoms with van der Waals surface area (Å²) in [5.41, 5.74) is -0.396. The molecule has 0 aliphatic carbocycles. The predicted octanol–water partition coefficient (Wildman–Crippen LogP) is 1.65. The molecule has 106 valence electrons. The van der Waals surface area contributed by atoms with Gasteiger partial charge in [-0.15, -0.1) is 0 Å². The van der Waals surface area contributed by atoms with Crippen molar-refractivity contribution in [3.05, 3.63) is 33.9 Å². The summed E-state index contributed by atoms with van der Waals surface area (Å²) < 4.78 is 0. The van der Waals surface area contributed by atoms with E-state index in [4.69, 9.17) is 5.26 Å². The number of nitrogens with one attached hydrogen (secondary N) is 2. The minimum absolute atomic E-state index is 0.165. The molecule has 0 heterocycles. The van der Waals surface area contributed by atoms with E-state index in [1.165, 1.54) is 25.2 Å². The van der Waals surface area contributed by atoms with Crippen molar-refractivity contribution in [2.75, 3.05) is 18.9 Å². The van der Waals surface area contributed by atoms with Gasteiger partial charge in [0.25, 0.3) is 5.69 Å². The number of hydrogen-bond acceptors (Lipinski definition) is 5. The summed E-state index contributed by atoms with van der Waals surface area (Å²) >= 11 is 0. The number of amides is 1. The molecule has 0 bridgehead atoms. The lowest BCUT2D eigenvalue weighted by Gasteiger charge is -2.23. The molecule has 0 aliphatic heterocycles. The molecule has 1 aromatic rings. The van der Waals surface area contributed by atoms with Crippen molar-refractivity contribution in [1.29, 1.82) is 5.26 Å². The van der Waals surface area contributed by atoms with Crippen LogP contribution in [0.5, 0.6) is 0 Å². The third kappa shape index (κ3) is 3.45. The molecule has 0 radical (unpaired) electrons. The van der Waals surface area contributed by atoms with Crippen molar-refractivity contribution >= 4 is 17.3 Å². The van der Waals surface area contributed by atoms with Crippen LogP contribution in [0.2, 0.25) is 0 Å². The zero-order valence-corrected chi connectivity index (χ0v) is 11.6. The summed E-state index contributed by atoms with van der Waals surface area (Å²) in [7, 11) is 1.54. The summed E-state index contributed by atoms with van der Waals surface area (Å²) in [4.78, 5) is 22.1. The molecule has 0 saturated heterocycles. The van der Waals surface area contributed by atoms with Crippen molar-refractivity contribution in [2.24, 2.45) is 5.41 Å². The fourth-order valence-corrected chi connectivity index (χ4v) is 1.64.